The summed E-state index contributed by atoms with van der Waals surface area (Å²) in [5.41, 5.74) is 0.0936. The number of nitrogens with one attached hydrogen (secondary N) is 1. The van der Waals surface area contributed by atoms with Gasteiger partial charge in [-0.3, -0.25) is 10.1 Å². The molecular formula is C17H17Cl2N3O5S. The molecule has 0 aliphatic rings. The molecule has 0 fully saturated rings. The molecule has 8 nitrogen and oxygen atoms in total. The second-order valence-corrected chi connectivity index (χ2v) is 8.60. The maximum absolute atomic E-state index is 12.2. The van der Waals surface area contributed by atoms with Gasteiger partial charge in [0.15, 0.2) is 5.75 Å². The van der Waals surface area contributed by atoms with Crippen LogP contribution in [0.5, 0.6) is 5.75 Å². The number of nitro benzene ring substituents is 1. The van der Waals surface area contributed by atoms with Crippen LogP contribution in [0, 0.1) is 16.0 Å². The summed E-state index contributed by atoms with van der Waals surface area (Å²) >= 11 is 12.3. The number of nitro groups is 1. The van der Waals surface area contributed by atoms with Crippen molar-refractivity contribution >= 4 is 45.1 Å². The summed E-state index contributed by atoms with van der Waals surface area (Å²) in [6.45, 7) is 4.41. The van der Waals surface area contributed by atoms with Crippen LogP contribution in [-0.4, -0.2) is 26.2 Å². The Labute approximate surface area is 172 Å². The number of sulfonamides is 1. The Bertz CT molecular complexity index is 987. The smallest absolute Gasteiger partial charge is 0.276 e. The van der Waals surface area contributed by atoms with Gasteiger partial charge in [-0.2, -0.15) is 13.5 Å². The number of nitrogens with zero attached hydrogens (tertiary/aromatic N) is 2. The molecule has 0 aliphatic heterocycles. The first-order chi connectivity index (χ1) is 13.1. The Morgan fingerprint density at radius 3 is 2.46 bits per heavy atom. The van der Waals surface area contributed by atoms with Gasteiger partial charge < -0.3 is 4.74 Å². The number of hydrogen-bond acceptors (Lipinski definition) is 6. The van der Waals surface area contributed by atoms with Crippen LogP contribution in [0.25, 0.3) is 0 Å². The van der Waals surface area contributed by atoms with E-state index in [9.17, 15) is 18.5 Å². The van der Waals surface area contributed by atoms with Crippen molar-refractivity contribution in [3.05, 3.63) is 62.1 Å². The monoisotopic (exact) mass is 445 g/mol. The molecule has 0 amide bonds. The van der Waals surface area contributed by atoms with Crippen LogP contribution >= 0.6 is 23.2 Å². The molecule has 0 atom stereocenters. The van der Waals surface area contributed by atoms with E-state index in [2.05, 4.69) is 5.10 Å². The normalized spacial score (nSPS) is 11.8. The zero-order valence-electron chi connectivity index (χ0n) is 14.9. The van der Waals surface area contributed by atoms with E-state index < -0.39 is 14.9 Å². The number of hydrogen-bond donors (Lipinski definition) is 1. The minimum absolute atomic E-state index is 0.260. The number of halogens is 2. The highest BCUT2D eigenvalue weighted by molar-refractivity contribution is 7.89. The molecule has 0 aliphatic carbocycles. The highest BCUT2D eigenvalue weighted by Gasteiger charge is 2.17. The van der Waals surface area contributed by atoms with Crippen molar-refractivity contribution in [1.82, 2.24) is 4.83 Å². The molecule has 0 unspecified atom stereocenters. The van der Waals surface area contributed by atoms with Crippen LogP contribution < -0.4 is 9.57 Å². The fourth-order valence-electron chi connectivity index (χ4n) is 2.03. The lowest BCUT2D eigenvalue weighted by Crippen LogP contribution is -2.18. The van der Waals surface area contributed by atoms with Crippen molar-refractivity contribution in [1.29, 1.82) is 0 Å². The Morgan fingerprint density at radius 1 is 1.25 bits per heavy atom. The van der Waals surface area contributed by atoms with Crippen molar-refractivity contribution < 1.29 is 18.1 Å². The molecule has 150 valence electrons. The van der Waals surface area contributed by atoms with Crippen molar-refractivity contribution in [2.75, 3.05) is 6.61 Å². The van der Waals surface area contributed by atoms with Crippen LogP contribution in [-0.2, 0) is 10.0 Å². The molecular weight excluding hydrogens is 429 g/mol. The van der Waals surface area contributed by atoms with Crippen LogP contribution in [0.2, 0.25) is 10.0 Å². The van der Waals surface area contributed by atoms with E-state index in [1.807, 2.05) is 18.7 Å². The topological polar surface area (TPSA) is 111 Å². The third kappa shape index (κ3) is 5.82. The number of ether oxygens (including phenoxy) is 1. The lowest BCUT2D eigenvalue weighted by atomic mass is 10.2. The van der Waals surface area contributed by atoms with Crippen LogP contribution in [0.15, 0.2) is 46.4 Å². The fraction of sp³-hybridized carbons (Fsp3) is 0.235. The summed E-state index contributed by atoms with van der Waals surface area (Å²) in [5, 5.41) is 15.0. The van der Waals surface area contributed by atoms with Crippen molar-refractivity contribution in [2.24, 2.45) is 11.0 Å². The fourth-order valence-corrected chi connectivity index (χ4v) is 3.47. The molecule has 2 rings (SSSR count). The summed E-state index contributed by atoms with van der Waals surface area (Å²) in [5.74, 6) is 0.628. The van der Waals surface area contributed by atoms with Gasteiger partial charge in [0.1, 0.15) is 0 Å². The zero-order chi connectivity index (χ0) is 20.9. The lowest BCUT2D eigenvalue weighted by molar-refractivity contribution is -0.385. The molecule has 2 aromatic rings. The van der Waals surface area contributed by atoms with Crippen molar-refractivity contribution in [3.8, 4) is 5.75 Å². The average Bonchev–Trinajstić information content (AvgIpc) is 2.60. The average molecular weight is 446 g/mol. The molecule has 0 radical (unpaired) electrons. The van der Waals surface area contributed by atoms with Gasteiger partial charge in [-0.1, -0.05) is 43.1 Å². The maximum atomic E-state index is 12.2. The molecule has 0 heterocycles. The first-order valence-electron chi connectivity index (χ1n) is 8.01. The number of non-ortho nitro benzene ring substituents is 1. The maximum Gasteiger partial charge on any atom is 0.276 e. The van der Waals surface area contributed by atoms with Gasteiger partial charge in [0.2, 0.25) is 0 Å². The molecule has 0 saturated carbocycles. The van der Waals surface area contributed by atoms with Crippen LogP contribution in [0.1, 0.15) is 19.4 Å². The van der Waals surface area contributed by atoms with Gasteiger partial charge >= 0.3 is 0 Å². The summed E-state index contributed by atoms with van der Waals surface area (Å²) in [6, 6.07) is 7.66. The predicted octanol–water partition coefficient (Wildman–Crippen LogP) is 4.25. The second kappa shape index (κ2) is 9.22. The summed E-state index contributed by atoms with van der Waals surface area (Å²) in [6.07, 6.45) is 1.21. The Kier molecular flexibility index (Phi) is 7.22. The number of hydrazone groups is 1. The summed E-state index contributed by atoms with van der Waals surface area (Å²) < 4.78 is 30.0. The predicted molar refractivity (Wildman–Crippen MR) is 108 cm³/mol. The number of benzene rings is 2. The third-order valence-electron chi connectivity index (χ3n) is 3.31. The van der Waals surface area contributed by atoms with Crippen LogP contribution in [0.4, 0.5) is 5.69 Å². The van der Waals surface area contributed by atoms with Gasteiger partial charge in [-0.05, 0) is 29.7 Å². The SMILES string of the molecule is CC(C)COc1c(Cl)cc(/C=N/NS(=O)(=O)c2cccc([N+](=O)[O-])c2)cc1Cl. The Hall–Kier alpha value is -2.36. The Balaban J connectivity index is 2.15. The lowest BCUT2D eigenvalue weighted by Gasteiger charge is -2.12. The minimum Gasteiger partial charge on any atom is -0.490 e. The standard InChI is InChI=1S/C17H17Cl2N3O5S/c1-11(2)10-27-17-15(18)6-12(7-16(17)19)9-20-21-28(25,26)14-5-3-4-13(8-14)22(23)24/h3-9,11,21H,10H2,1-2H3/b20-9+. The van der Waals surface area contributed by atoms with E-state index in [1.54, 1.807) is 0 Å². The van der Waals surface area contributed by atoms with Crippen molar-refractivity contribution in [2.45, 2.75) is 18.7 Å². The molecule has 0 spiro atoms. The number of rotatable bonds is 8. The molecule has 0 aromatic heterocycles. The summed E-state index contributed by atoms with van der Waals surface area (Å²) in [4.78, 5) is 11.8. The second-order valence-electron chi connectivity index (χ2n) is 6.13. The summed E-state index contributed by atoms with van der Waals surface area (Å²) in [7, 11) is -4.08. The first-order valence-corrected chi connectivity index (χ1v) is 10.2. The molecule has 0 bridgehead atoms. The largest absolute Gasteiger partial charge is 0.490 e. The van der Waals surface area contributed by atoms with E-state index in [4.69, 9.17) is 27.9 Å². The highest BCUT2D eigenvalue weighted by Crippen LogP contribution is 2.34. The quantitative estimate of drug-likeness (QED) is 0.370. The highest BCUT2D eigenvalue weighted by atomic mass is 35.5. The molecule has 2 aromatic carbocycles. The van der Waals surface area contributed by atoms with Gasteiger partial charge in [0, 0.05) is 12.1 Å². The molecule has 1 N–H and O–H groups in total. The molecule has 0 saturated heterocycles. The van der Waals surface area contributed by atoms with Gasteiger partial charge in [-0.25, -0.2) is 4.83 Å². The van der Waals surface area contributed by atoms with Gasteiger partial charge in [0.25, 0.3) is 15.7 Å². The molecule has 11 heteroatoms. The van der Waals surface area contributed by atoms with E-state index in [0.717, 1.165) is 6.07 Å². The Morgan fingerprint density at radius 2 is 1.89 bits per heavy atom. The van der Waals surface area contributed by atoms with E-state index in [0.29, 0.717) is 17.9 Å². The minimum atomic E-state index is -4.08. The van der Waals surface area contributed by atoms with Gasteiger partial charge in [-0.15, -0.1) is 0 Å². The first kappa shape index (κ1) is 21.9. The van der Waals surface area contributed by atoms with E-state index in [-0.39, 0.29) is 26.5 Å². The third-order valence-corrected chi connectivity index (χ3v) is 5.09. The van der Waals surface area contributed by atoms with Crippen LogP contribution in [0.3, 0.4) is 0 Å². The zero-order valence-corrected chi connectivity index (χ0v) is 17.3. The molecule has 28 heavy (non-hydrogen) atoms. The van der Waals surface area contributed by atoms with Crippen molar-refractivity contribution in [3.63, 3.8) is 0 Å². The van der Waals surface area contributed by atoms with E-state index >= 15 is 0 Å². The van der Waals surface area contributed by atoms with Gasteiger partial charge in [0.05, 0.1) is 32.7 Å². The van der Waals surface area contributed by atoms with E-state index in [1.165, 1.54) is 36.5 Å².